The van der Waals surface area contributed by atoms with E-state index >= 15 is 0 Å². The van der Waals surface area contributed by atoms with Crippen LogP contribution in [0.5, 0.6) is 0 Å². The Hall–Kier alpha value is -0.690. The topological polar surface area (TPSA) is 110 Å². The van der Waals surface area contributed by atoms with Gasteiger partial charge in [0, 0.05) is 25.0 Å². The molecule has 0 aromatic heterocycles. The largest absolute Gasteiger partial charge is 0.396 e. The molecule has 1 aliphatic rings. The number of carbonyl (C=O) groups is 1. The van der Waals surface area contributed by atoms with Crippen molar-refractivity contribution in [2.75, 3.05) is 26.4 Å². The Balaban J connectivity index is 2.85. The lowest BCUT2D eigenvalue weighted by Gasteiger charge is -2.40. The van der Waals surface area contributed by atoms with Crippen molar-refractivity contribution in [1.29, 1.82) is 0 Å². The molecule has 0 aromatic rings. The minimum atomic E-state index is -0.713. The fourth-order valence-corrected chi connectivity index (χ4v) is 2.11. The van der Waals surface area contributed by atoms with E-state index in [0.29, 0.717) is 0 Å². The van der Waals surface area contributed by atoms with Crippen molar-refractivity contribution in [3.05, 3.63) is 0 Å². The van der Waals surface area contributed by atoms with Crippen molar-refractivity contribution < 1.29 is 25.2 Å². The van der Waals surface area contributed by atoms with E-state index in [2.05, 4.69) is 5.32 Å². The highest BCUT2D eigenvalue weighted by Crippen LogP contribution is 2.28. The summed E-state index contributed by atoms with van der Waals surface area (Å²) >= 11 is 0. The van der Waals surface area contributed by atoms with Gasteiger partial charge in [0.15, 0.2) is 0 Å². The third kappa shape index (κ3) is 2.28. The fourth-order valence-electron chi connectivity index (χ4n) is 2.11. The fraction of sp³-hybridized carbons (Fsp3) is 0.889. The summed E-state index contributed by atoms with van der Waals surface area (Å²) in [5.74, 6) is -2.03. The first-order chi connectivity index (χ1) is 7.19. The number of carbonyl (C=O) groups excluding carboxylic acids is 1. The zero-order valence-electron chi connectivity index (χ0n) is 8.33. The summed E-state index contributed by atoms with van der Waals surface area (Å²) in [5, 5.41) is 38.8. The maximum atomic E-state index is 11.5. The molecule has 4 unspecified atom stereocenters. The van der Waals surface area contributed by atoms with Crippen molar-refractivity contribution in [2.24, 2.45) is 17.8 Å². The predicted molar refractivity (Wildman–Crippen MR) is 50.7 cm³/mol. The van der Waals surface area contributed by atoms with E-state index in [0.717, 1.165) is 0 Å². The van der Waals surface area contributed by atoms with Gasteiger partial charge in [-0.25, -0.2) is 0 Å². The van der Waals surface area contributed by atoms with Crippen LogP contribution in [0.1, 0.15) is 0 Å². The smallest absolute Gasteiger partial charge is 0.226 e. The number of rotatable bonds is 4. The van der Waals surface area contributed by atoms with Gasteiger partial charge < -0.3 is 25.7 Å². The Bertz CT molecular complexity index is 223. The van der Waals surface area contributed by atoms with Gasteiger partial charge in [-0.3, -0.25) is 4.79 Å². The van der Waals surface area contributed by atoms with E-state index in [4.69, 9.17) is 20.4 Å². The maximum absolute atomic E-state index is 11.5. The predicted octanol–water partition coefficient (Wildman–Crippen LogP) is -2.70. The molecule has 1 saturated heterocycles. The van der Waals surface area contributed by atoms with Gasteiger partial charge >= 0.3 is 0 Å². The van der Waals surface area contributed by atoms with Crippen molar-refractivity contribution in [3.8, 4) is 0 Å². The number of nitrogens with one attached hydrogen (secondary N) is 1. The highest BCUT2D eigenvalue weighted by atomic mass is 16.3. The second kappa shape index (κ2) is 5.41. The molecule has 0 aromatic carbocycles. The minimum Gasteiger partial charge on any atom is -0.396 e. The monoisotopic (exact) mass is 219 g/mol. The van der Waals surface area contributed by atoms with Gasteiger partial charge in [0.2, 0.25) is 5.91 Å². The molecule has 4 atom stereocenters. The molecule has 0 radical (unpaired) electrons. The van der Waals surface area contributed by atoms with E-state index in [1.165, 1.54) is 0 Å². The lowest BCUT2D eigenvalue weighted by Crippen LogP contribution is -2.58. The molecule has 88 valence electrons. The van der Waals surface area contributed by atoms with Crippen LogP contribution in [0.3, 0.4) is 0 Å². The van der Waals surface area contributed by atoms with Gasteiger partial charge in [-0.05, 0) is 0 Å². The van der Waals surface area contributed by atoms with Crippen LogP contribution in [0.15, 0.2) is 0 Å². The van der Waals surface area contributed by atoms with Crippen LogP contribution in [0.25, 0.3) is 0 Å². The van der Waals surface area contributed by atoms with E-state index in [-0.39, 0.29) is 32.3 Å². The number of aliphatic hydroxyl groups excluding tert-OH is 4. The molecule has 6 heteroatoms. The third-order valence-electron chi connectivity index (χ3n) is 3.06. The van der Waals surface area contributed by atoms with Gasteiger partial charge in [-0.1, -0.05) is 0 Å². The Labute approximate surface area is 87.5 Å². The molecular weight excluding hydrogens is 202 g/mol. The van der Waals surface area contributed by atoms with Crippen molar-refractivity contribution in [3.63, 3.8) is 0 Å². The molecule has 1 amide bonds. The van der Waals surface area contributed by atoms with E-state index in [1.807, 2.05) is 0 Å². The van der Waals surface area contributed by atoms with Crippen LogP contribution < -0.4 is 5.32 Å². The normalized spacial score (nSPS) is 36.4. The first kappa shape index (κ1) is 12.4. The van der Waals surface area contributed by atoms with Crippen molar-refractivity contribution in [2.45, 2.75) is 6.04 Å². The average Bonchev–Trinajstić information content (AvgIpc) is 2.27. The summed E-state index contributed by atoms with van der Waals surface area (Å²) in [5.41, 5.74) is 0. The van der Waals surface area contributed by atoms with E-state index in [1.54, 1.807) is 0 Å². The average molecular weight is 219 g/mol. The molecule has 0 bridgehead atoms. The van der Waals surface area contributed by atoms with Crippen molar-refractivity contribution in [1.82, 2.24) is 5.32 Å². The van der Waals surface area contributed by atoms with Gasteiger partial charge in [-0.2, -0.15) is 0 Å². The third-order valence-corrected chi connectivity index (χ3v) is 3.06. The zero-order chi connectivity index (χ0) is 11.4. The van der Waals surface area contributed by atoms with Crippen LogP contribution >= 0.6 is 0 Å². The van der Waals surface area contributed by atoms with Crippen LogP contribution in [-0.4, -0.2) is 58.8 Å². The Kier molecular flexibility index (Phi) is 4.46. The number of amides is 1. The Morgan fingerprint density at radius 1 is 0.933 bits per heavy atom. The number of hydrogen-bond donors (Lipinski definition) is 5. The molecule has 1 fully saturated rings. The van der Waals surface area contributed by atoms with Crippen LogP contribution in [0.2, 0.25) is 0 Å². The molecule has 5 N–H and O–H groups in total. The SMILES string of the molecule is O=C1NC(CO)C(CO)C(CO)C1CO. The highest BCUT2D eigenvalue weighted by molar-refractivity contribution is 5.80. The standard InChI is InChI=1S/C9H17NO5/c11-1-5-6(2-12)8(4-14)10-9(15)7(5)3-13/h5-8,11-14H,1-4H2,(H,10,15). The zero-order valence-corrected chi connectivity index (χ0v) is 8.33. The molecule has 1 rings (SSSR count). The summed E-state index contributed by atoms with van der Waals surface area (Å²) in [6, 6.07) is -0.553. The number of aliphatic hydroxyl groups is 4. The molecule has 0 saturated carbocycles. The molecular formula is C9H17NO5. The number of piperidine rings is 1. The van der Waals surface area contributed by atoms with Crippen LogP contribution in [0.4, 0.5) is 0 Å². The molecule has 6 nitrogen and oxygen atoms in total. The molecule has 0 aliphatic carbocycles. The molecule has 0 spiro atoms. The lowest BCUT2D eigenvalue weighted by molar-refractivity contribution is -0.138. The van der Waals surface area contributed by atoms with E-state index < -0.39 is 23.8 Å². The Morgan fingerprint density at radius 2 is 1.53 bits per heavy atom. The first-order valence-electron chi connectivity index (χ1n) is 4.93. The van der Waals surface area contributed by atoms with E-state index in [9.17, 15) is 4.79 Å². The summed E-state index contributed by atoms with van der Waals surface area (Å²) in [6.07, 6.45) is 0. The summed E-state index contributed by atoms with van der Waals surface area (Å²) < 4.78 is 0. The first-order valence-corrected chi connectivity index (χ1v) is 4.93. The van der Waals surface area contributed by atoms with Gasteiger partial charge in [0.25, 0.3) is 0 Å². The second-order valence-corrected chi connectivity index (χ2v) is 3.78. The van der Waals surface area contributed by atoms with Gasteiger partial charge in [0.1, 0.15) is 0 Å². The lowest BCUT2D eigenvalue weighted by atomic mass is 9.75. The summed E-state index contributed by atoms with van der Waals surface area (Å²) in [7, 11) is 0. The van der Waals surface area contributed by atoms with Gasteiger partial charge in [0.05, 0.1) is 25.2 Å². The van der Waals surface area contributed by atoms with Crippen LogP contribution in [-0.2, 0) is 4.79 Å². The maximum Gasteiger partial charge on any atom is 0.226 e. The molecule has 1 heterocycles. The summed E-state index contributed by atoms with van der Waals surface area (Å²) in [4.78, 5) is 11.5. The van der Waals surface area contributed by atoms with Crippen LogP contribution in [0, 0.1) is 17.8 Å². The quantitative estimate of drug-likeness (QED) is 0.353. The highest BCUT2D eigenvalue weighted by Gasteiger charge is 2.42. The van der Waals surface area contributed by atoms with Gasteiger partial charge in [-0.15, -0.1) is 0 Å². The summed E-state index contributed by atoms with van der Waals surface area (Å²) in [6.45, 7) is -1.19. The molecule has 1 aliphatic heterocycles. The second-order valence-electron chi connectivity index (χ2n) is 3.78. The van der Waals surface area contributed by atoms with Crippen molar-refractivity contribution >= 4 is 5.91 Å². The Morgan fingerprint density at radius 3 is 1.93 bits per heavy atom. The number of hydrogen-bond acceptors (Lipinski definition) is 5. The minimum absolute atomic E-state index is 0.243. The molecule has 15 heavy (non-hydrogen) atoms.